The van der Waals surface area contributed by atoms with Crippen molar-refractivity contribution >= 4 is 11.6 Å². The average molecular weight is 255 g/mol. The molecule has 0 saturated carbocycles. The van der Waals surface area contributed by atoms with Gasteiger partial charge in [-0.25, -0.2) is 9.37 Å². The number of carbonyl (C=O) groups is 1. The van der Waals surface area contributed by atoms with E-state index < -0.39 is 11.7 Å². The van der Waals surface area contributed by atoms with Gasteiger partial charge in [-0.2, -0.15) is 0 Å². The third kappa shape index (κ3) is 2.38. The lowest BCUT2D eigenvalue weighted by atomic mass is 10.1. The van der Waals surface area contributed by atoms with Crippen molar-refractivity contribution in [3.8, 4) is 23.6 Å². The van der Waals surface area contributed by atoms with Gasteiger partial charge in [0.25, 0.3) is 5.91 Å². The van der Waals surface area contributed by atoms with Crippen LogP contribution >= 0.6 is 0 Å². The highest BCUT2D eigenvalue weighted by molar-refractivity contribution is 5.96. The lowest BCUT2D eigenvalue weighted by molar-refractivity contribution is 0.0996. The number of amides is 1. The number of aromatic nitrogens is 1. The van der Waals surface area contributed by atoms with Crippen molar-refractivity contribution in [2.24, 2.45) is 5.73 Å². The summed E-state index contributed by atoms with van der Waals surface area (Å²) in [5.41, 5.74) is 11.7. The zero-order chi connectivity index (χ0) is 14.0. The molecular weight excluding hydrogens is 245 g/mol. The molecule has 19 heavy (non-hydrogen) atoms. The molecule has 0 bridgehead atoms. The third-order valence-corrected chi connectivity index (χ3v) is 2.57. The molecule has 0 aliphatic rings. The summed E-state index contributed by atoms with van der Waals surface area (Å²) in [5, 5.41) is 0. The van der Waals surface area contributed by atoms with Crippen LogP contribution in [0.1, 0.15) is 16.1 Å². The molecule has 5 heteroatoms. The van der Waals surface area contributed by atoms with E-state index in [4.69, 9.17) is 17.9 Å². The Morgan fingerprint density at radius 3 is 2.68 bits per heavy atom. The minimum atomic E-state index is -0.770. The molecule has 2 aromatic rings. The number of nitrogens with zero attached hydrogens (tertiary/aromatic N) is 1. The Morgan fingerprint density at radius 1 is 1.32 bits per heavy atom. The van der Waals surface area contributed by atoms with Crippen LogP contribution in [0.5, 0.6) is 0 Å². The van der Waals surface area contributed by atoms with E-state index in [2.05, 4.69) is 10.9 Å². The van der Waals surface area contributed by atoms with E-state index in [0.29, 0.717) is 5.56 Å². The highest BCUT2D eigenvalue weighted by Gasteiger charge is 2.12. The van der Waals surface area contributed by atoms with Crippen molar-refractivity contribution in [2.75, 3.05) is 5.73 Å². The number of rotatable bonds is 2. The predicted molar refractivity (Wildman–Crippen MR) is 70.5 cm³/mol. The number of nitrogen functional groups attached to an aromatic ring is 1. The maximum atomic E-state index is 13.8. The molecule has 94 valence electrons. The van der Waals surface area contributed by atoms with Gasteiger partial charge in [0, 0.05) is 11.1 Å². The monoisotopic (exact) mass is 255 g/mol. The number of nitrogens with two attached hydrogens (primary N) is 2. The number of terminal acetylenes is 1. The fourth-order valence-electron chi connectivity index (χ4n) is 1.63. The minimum absolute atomic E-state index is 0.0944. The molecule has 0 atom stereocenters. The van der Waals surface area contributed by atoms with Crippen LogP contribution in [0.4, 0.5) is 10.1 Å². The fraction of sp³-hybridized carbons (Fsp3) is 0. The standard InChI is InChI=1S/C14H10FN3O/c1-2-8-3-4-10(15)9(7-8)12-6-5-11(16)13(18-12)14(17)19/h1,3-7H,16H2,(H2,17,19). The first-order chi connectivity index (χ1) is 9.02. The van der Waals surface area contributed by atoms with Gasteiger partial charge in [-0.1, -0.05) is 5.92 Å². The highest BCUT2D eigenvalue weighted by atomic mass is 19.1. The minimum Gasteiger partial charge on any atom is -0.397 e. The van der Waals surface area contributed by atoms with E-state index in [0.717, 1.165) is 0 Å². The molecule has 2 rings (SSSR count). The number of anilines is 1. The first kappa shape index (κ1) is 12.6. The van der Waals surface area contributed by atoms with Crippen LogP contribution in [0.2, 0.25) is 0 Å². The summed E-state index contributed by atoms with van der Waals surface area (Å²) in [6.07, 6.45) is 5.26. The largest absolute Gasteiger partial charge is 0.397 e. The van der Waals surface area contributed by atoms with Gasteiger partial charge in [0.2, 0.25) is 0 Å². The first-order valence-corrected chi connectivity index (χ1v) is 5.36. The van der Waals surface area contributed by atoms with E-state index in [1.807, 2.05) is 0 Å². The van der Waals surface area contributed by atoms with E-state index in [1.165, 1.54) is 30.3 Å². The van der Waals surface area contributed by atoms with E-state index >= 15 is 0 Å². The zero-order valence-corrected chi connectivity index (χ0v) is 9.85. The molecule has 1 heterocycles. The van der Waals surface area contributed by atoms with Crippen molar-refractivity contribution < 1.29 is 9.18 Å². The van der Waals surface area contributed by atoms with Crippen LogP contribution < -0.4 is 11.5 Å². The van der Waals surface area contributed by atoms with Gasteiger partial charge in [-0.05, 0) is 30.3 Å². The Hall–Kier alpha value is -2.87. The first-order valence-electron chi connectivity index (χ1n) is 5.36. The van der Waals surface area contributed by atoms with Gasteiger partial charge in [0.05, 0.1) is 11.4 Å². The molecule has 4 nitrogen and oxygen atoms in total. The van der Waals surface area contributed by atoms with Crippen LogP contribution in [0.3, 0.4) is 0 Å². The Bertz CT molecular complexity index is 704. The van der Waals surface area contributed by atoms with Gasteiger partial charge < -0.3 is 11.5 Å². The number of primary amides is 1. The van der Waals surface area contributed by atoms with Crippen LogP contribution in [-0.2, 0) is 0 Å². The van der Waals surface area contributed by atoms with Gasteiger partial charge >= 0.3 is 0 Å². The Morgan fingerprint density at radius 2 is 2.05 bits per heavy atom. The van der Waals surface area contributed by atoms with Crippen LogP contribution in [0.25, 0.3) is 11.3 Å². The molecule has 0 fully saturated rings. The molecule has 0 radical (unpaired) electrons. The number of hydrogen-bond donors (Lipinski definition) is 2. The Labute approximate surface area is 109 Å². The summed E-state index contributed by atoms with van der Waals surface area (Å²) in [6, 6.07) is 7.14. The average Bonchev–Trinajstić information content (AvgIpc) is 2.40. The maximum absolute atomic E-state index is 13.8. The number of benzene rings is 1. The SMILES string of the molecule is C#Cc1ccc(F)c(-c2ccc(N)c(C(N)=O)n2)c1. The van der Waals surface area contributed by atoms with Crippen molar-refractivity contribution in [1.82, 2.24) is 4.98 Å². The van der Waals surface area contributed by atoms with Gasteiger partial charge in [0.15, 0.2) is 5.69 Å². The second-order valence-electron chi connectivity index (χ2n) is 3.84. The summed E-state index contributed by atoms with van der Waals surface area (Å²) in [5.74, 6) is 1.14. The fourth-order valence-corrected chi connectivity index (χ4v) is 1.63. The van der Waals surface area contributed by atoms with E-state index in [1.54, 1.807) is 0 Å². The molecule has 0 aliphatic heterocycles. The van der Waals surface area contributed by atoms with Gasteiger partial charge in [0.1, 0.15) is 5.82 Å². The molecule has 0 aliphatic carbocycles. The number of halogens is 1. The van der Waals surface area contributed by atoms with Gasteiger partial charge in [-0.3, -0.25) is 4.79 Å². The molecule has 0 unspecified atom stereocenters. The number of pyridine rings is 1. The molecule has 0 spiro atoms. The Balaban J connectivity index is 2.63. The third-order valence-electron chi connectivity index (χ3n) is 2.57. The summed E-state index contributed by atoms with van der Waals surface area (Å²) < 4.78 is 13.8. The normalized spacial score (nSPS) is 9.89. The summed E-state index contributed by atoms with van der Waals surface area (Å²) >= 11 is 0. The number of carbonyl (C=O) groups excluding carboxylic acids is 1. The lowest BCUT2D eigenvalue weighted by Crippen LogP contribution is -2.16. The van der Waals surface area contributed by atoms with Crippen LogP contribution in [0.15, 0.2) is 30.3 Å². The van der Waals surface area contributed by atoms with E-state index in [-0.39, 0.29) is 22.6 Å². The summed E-state index contributed by atoms with van der Waals surface area (Å²) in [7, 11) is 0. The van der Waals surface area contributed by atoms with Gasteiger partial charge in [-0.15, -0.1) is 6.42 Å². The predicted octanol–water partition coefficient (Wildman–Crippen LogP) is 1.55. The van der Waals surface area contributed by atoms with Crippen molar-refractivity contribution in [1.29, 1.82) is 0 Å². The molecule has 1 aromatic carbocycles. The summed E-state index contributed by atoms with van der Waals surface area (Å²) in [6.45, 7) is 0. The smallest absolute Gasteiger partial charge is 0.269 e. The molecule has 1 amide bonds. The maximum Gasteiger partial charge on any atom is 0.269 e. The molecular formula is C14H10FN3O. The van der Waals surface area contributed by atoms with Crippen LogP contribution in [-0.4, -0.2) is 10.9 Å². The van der Waals surface area contributed by atoms with Crippen molar-refractivity contribution in [3.63, 3.8) is 0 Å². The zero-order valence-electron chi connectivity index (χ0n) is 9.85. The van der Waals surface area contributed by atoms with Crippen molar-refractivity contribution in [2.45, 2.75) is 0 Å². The van der Waals surface area contributed by atoms with E-state index in [9.17, 15) is 9.18 Å². The second kappa shape index (κ2) is 4.78. The molecule has 1 aromatic heterocycles. The van der Waals surface area contributed by atoms with Crippen LogP contribution in [0, 0.1) is 18.2 Å². The topological polar surface area (TPSA) is 82.0 Å². The second-order valence-corrected chi connectivity index (χ2v) is 3.84. The quantitative estimate of drug-likeness (QED) is 0.799. The lowest BCUT2D eigenvalue weighted by Gasteiger charge is -2.07. The summed E-state index contributed by atoms with van der Waals surface area (Å²) in [4.78, 5) is 15.1. The highest BCUT2D eigenvalue weighted by Crippen LogP contribution is 2.24. The molecule has 4 N–H and O–H groups in total. The van der Waals surface area contributed by atoms with Crippen molar-refractivity contribution in [3.05, 3.63) is 47.4 Å². The number of hydrogen-bond acceptors (Lipinski definition) is 3. The Kier molecular flexibility index (Phi) is 3.17. The molecule has 0 saturated heterocycles.